The minimum Gasteiger partial charge on any atom is -0.402 e. The van der Waals surface area contributed by atoms with Crippen LogP contribution in [0.25, 0.3) is 0 Å². The van der Waals surface area contributed by atoms with Gasteiger partial charge in [-0.15, -0.1) is 0 Å². The molecular weight excluding hydrogens is 302 g/mol. The maximum Gasteiger partial charge on any atom is 0.621 e. The van der Waals surface area contributed by atoms with Crippen LogP contribution in [-0.2, 0) is 4.57 Å². The Balaban J connectivity index is -0.0000000604. The Labute approximate surface area is 144 Å². The topological polar surface area (TPSA) is 103 Å². The zero-order chi connectivity index (χ0) is 20.2. The lowest BCUT2D eigenvalue weighted by molar-refractivity contribution is 0.213. The van der Waals surface area contributed by atoms with Crippen molar-refractivity contribution in [3.8, 4) is 0 Å². The molecule has 0 aliphatic heterocycles. The van der Waals surface area contributed by atoms with Gasteiger partial charge in [-0.25, -0.2) is 0 Å². The van der Waals surface area contributed by atoms with Crippen LogP contribution >= 0.6 is 0 Å². The summed E-state index contributed by atoms with van der Waals surface area (Å²) < 4.78 is 3.47. The van der Waals surface area contributed by atoms with E-state index in [1.165, 1.54) is 0 Å². The van der Waals surface area contributed by atoms with Crippen molar-refractivity contribution in [3.05, 3.63) is 0 Å². The van der Waals surface area contributed by atoms with Crippen LogP contribution < -0.4 is 0 Å². The van der Waals surface area contributed by atoms with E-state index in [0.717, 1.165) is 0 Å². The second kappa shape index (κ2) is 26.7. The Hall–Kier alpha value is -0.230. The Morgan fingerprint density at radius 1 is 0.435 bits per heavy atom. The summed E-state index contributed by atoms with van der Waals surface area (Å²) in [5.41, 5.74) is 0. The molecule has 0 rings (SSSR count). The minimum absolute atomic E-state index is 2.00. The highest BCUT2D eigenvalue weighted by Gasteiger charge is 2.18. The molecule has 9 nitrogen and oxygen atoms in total. The maximum absolute atomic E-state index is 7.74. The molecule has 0 aliphatic rings. The van der Waals surface area contributed by atoms with E-state index in [4.69, 9.17) is 20.1 Å². The summed E-state index contributed by atoms with van der Waals surface area (Å²) >= 11 is 0. The van der Waals surface area contributed by atoms with E-state index in [-0.39, 0.29) is 0 Å². The average molecular weight is 342 g/mol. The van der Waals surface area contributed by atoms with Gasteiger partial charge in [0.15, 0.2) is 0 Å². The fourth-order valence-electron chi connectivity index (χ4n) is 0.109. The van der Waals surface area contributed by atoms with Gasteiger partial charge in [0.2, 0.25) is 0 Å². The third-order valence-electron chi connectivity index (χ3n) is 0.243. The van der Waals surface area contributed by atoms with Crippen molar-refractivity contribution >= 4 is 14.6 Å². The van der Waals surface area contributed by atoms with Crippen LogP contribution in [0.5, 0.6) is 0 Å². The normalized spacial score (nSPS) is 8.87. The van der Waals surface area contributed by atoms with E-state index >= 15 is 0 Å². The molecule has 0 aromatic heterocycles. The fraction of sp³-hybridized carbons (Fsp3) is 1.00. The molecule has 0 saturated carbocycles. The average Bonchev–Trinajstić information content (AvgIpc) is 2.09. The summed E-state index contributed by atoms with van der Waals surface area (Å²) in [6.45, 7) is 0. The predicted molar refractivity (Wildman–Crippen MR) is 99.9 cm³/mol. The van der Waals surface area contributed by atoms with E-state index in [2.05, 4.69) is 4.57 Å². The van der Waals surface area contributed by atoms with Crippen molar-refractivity contribution in [1.82, 2.24) is 19.6 Å². The van der Waals surface area contributed by atoms with Crippen LogP contribution in [0.2, 0.25) is 0 Å². The summed E-state index contributed by atoms with van der Waals surface area (Å²) in [4.78, 5) is 8.00. The van der Waals surface area contributed by atoms with Gasteiger partial charge in [-0.05, 0) is 84.6 Å². The molecule has 0 spiro atoms. The molecule has 0 aromatic carbocycles. The van der Waals surface area contributed by atoms with E-state index in [0.29, 0.717) is 0 Å². The van der Waals surface area contributed by atoms with Gasteiger partial charge in [-0.2, -0.15) is 0 Å². The monoisotopic (exact) mass is 342 g/mol. The third-order valence-corrected chi connectivity index (χ3v) is 0.243. The molecule has 0 amide bonds. The van der Waals surface area contributed by atoms with Gasteiger partial charge in [0.25, 0.3) is 0 Å². The summed E-state index contributed by atoms with van der Waals surface area (Å²) in [5, 5.41) is 30.9. The van der Waals surface area contributed by atoms with Gasteiger partial charge >= 0.3 is 14.6 Å². The van der Waals surface area contributed by atoms with Crippen LogP contribution in [-0.4, -0.2) is 139 Å². The summed E-state index contributed by atoms with van der Waals surface area (Å²) in [6.07, 6.45) is 0. The van der Waals surface area contributed by atoms with Crippen molar-refractivity contribution < 1.29 is 24.7 Å². The first-order valence-electron chi connectivity index (χ1n) is 6.87. The first-order chi connectivity index (χ1) is 10.1. The van der Waals surface area contributed by atoms with E-state index < -0.39 is 14.6 Å². The van der Waals surface area contributed by atoms with Gasteiger partial charge in [-0.1, -0.05) is 0 Å². The maximum atomic E-state index is 7.74. The predicted octanol–water partition coefficient (Wildman–Crippen LogP) is -2.35. The molecule has 0 saturated heterocycles. The molecule has 0 fully saturated rings. The summed E-state index contributed by atoms with van der Waals surface area (Å²) in [7, 11) is 19.8. The van der Waals surface area contributed by atoms with Crippen molar-refractivity contribution in [2.45, 2.75) is 0 Å². The first kappa shape index (κ1) is 34.2. The third kappa shape index (κ3) is 599. The molecule has 0 unspecified atom stereocenters. The Morgan fingerprint density at radius 3 is 0.522 bits per heavy atom. The fourth-order valence-corrected chi connectivity index (χ4v) is 0.109. The lowest BCUT2D eigenvalue weighted by Crippen LogP contribution is -2.28. The number of hydrogen-bond donors (Lipinski definition) is 4. The molecule has 144 valence electrons. The molecule has 4 N–H and O–H groups in total. The van der Waals surface area contributed by atoms with Gasteiger partial charge in [-0.3, -0.25) is 0 Å². The minimum atomic E-state index is -2.13. The first-order valence-corrected chi connectivity index (χ1v) is 6.87. The van der Waals surface area contributed by atoms with Crippen molar-refractivity contribution in [2.24, 2.45) is 0 Å². The lowest BCUT2D eigenvalue weighted by atomic mass is 10.1. The van der Waals surface area contributed by atoms with E-state index in [1.54, 1.807) is 0 Å². The molecule has 0 aromatic rings. The molecule has 0 bridgehead atoms. The van der Waals surface area contributed by atoms with Crippen LogP contribution in [0.4, 0.5) is 0 Å². The van der Waals surface area contributed by atoms with Crippen molar-refractivity contribution in [2.75, 3.05) is 84.6 Å². The molecule has 0 heterocycles. The second-order valence-corrected chi connectivity index (χ2v) is 6.16. The lowest BCUT2D eigenvalue weighted by Gasteiger charge is -1.95. The Morgan fingerprint density at radius 2 is 0.522 bits per heavy atom. The zero-order valence-corrected chi connectivity index (χ0v) is 17.1. The quantitative estimate of drug-likeness (QED) is 0.411. The largest absolute Gasteiger partial charge is 0.621 e. The van der Waals surface area contributed by atoms with E-state index in [1.807, 2.05) is 104 Å². The van der Waals surface area contributed by atoms with E-state index in [9.17, 15) is 0 Å². The number of hydrogen-bond acceptors (Lipinski definition) is 9. The number of rotatable bonds is 2. The Bertz CT molecular complexity index is 148. The van der Waals surface area contributed by atoms with Gasteiger partial charge < -0.3 is 44.3 Å². The van der Waals surface area contributed by atoms with Crippen molar-refractivity contribution in [3.63, 3.8) is 0 Å². The highest BCUT2D eigenvalue weighted by molar-refractivity contribution is 6.48. The summed E-state index contributed by atoms with van der Waals surface area (Å²) in [6, 6.07) is 0. The summed E-state index contributed by atoms with van der Waals surface area (Å²) in [5.74, 6) is 0. The Kier molecular flexibility index (Phi) is 39.6. The highest BCUT2D eigenvalue weighted by Crippen LogP contribution is 1.73. The van der Waals surface area contributed by atoms with Crippen LogP contribution in [0.15, 0.2) is 0 Å². The van der Waals surface area contributed by atoms with Gasteiger partial charge in [0, 0.05) is 0 Å². The van der Waals surface area contributed by atoms with Crippen LogP contribution in [0.3, 0.4) is 0 Å². The van der Waals surface area contributed by atoms with Gasteiger partial charge in [0.1, 0.15) is 0 Å². The molecule has 0 aliphatic carbocycles. The molecule has 0 radical (unpaired) electrons. The second-order valence-electron chi connectivity index (χ2n) is 6.16. The molecule has 23 heavy (non-hydrogen) atoms. The SMILES string of the molecule is CN(C)C.CN(C)C.CN(C)C.CN(C)C.OB(O)OB(O)O. The van der Waals surface area contributed by atoms with Crippen LogP contribution in [0, 0.1) is 0 Å². The van der Waals surface area contributed by atoms with Crippen molar-refractivity contribution in [1.29, 1.82) is 0 Å². The van der Waals surface area contributed by atoms with Crippen LogP contribution in [0.1, 0.15) is 0 Å². The zero-order valence-electron chi connectivity index (χ0n) is 17.1. The van der Waals surface area contributed by atoms with Gasteiger partial charge in [0.05, 0.1) is 0 Å². The smallest absolute Gasteiger partial charge is 0.402 e. The number of nitrogens with zero attached hydrogens (tertiary/aromatic N) is 4. The standard InChI is InChI=1S/4C3H9N.B2H4O5/c4*1-4(2)3;3-1(4)7-2(5)6/h4*1-3H3;3-6H. The molecule has 11 heteroatoms. The highest BCUT2D eigenvalue weighted by atomic mass is 16.7. The molecular formula is C12H40B2N4O5. The molecule has 0 atom stereocenters.